The van der Waals surface area contributed by atoms with Crippen molar-refractivity contribution in [3.63, 3.8) is 0 Å². The molecule has 3 aromatic rings. The molecular weight excluding hydrogens is 542 g/mol. The number of rotatable bonds is 7. The fourth-order valence-electron chi connectivity index (χ4n) is 4.16. The van der Waals surface area contributed by atoms with Crippen LogP contribution in [0.5, 0.6) is 11.5 Å². The molecule has 1 unspecified atom stereocenters. The van der Waals surface area contributed by atoms with Gasteiger partial charge in [-0.05, 0) is 37.6 Å². The highest BCUT2D eigenvalue weighted by atomic mass is 32.1. The lowest BCUT2D eigenvalue weighted by Gasteiger charge is -2.24. The monoisotopic (exact) mass is 565 g/mol. The van der Waals surface area contributed by atoms with E-state index in [0.29, 0.717) is 16.8 Å². The Balaban J connectivity index is 1.95. The molecule has 0 saturated carbocycles. The van der Waals surface area contributed by atoms with Crippen LogP contribution in [0.2, 0.25) is 0 Å². The third-order valence-corrected chi connectivity index (χ3v) is 6.68. The summed E-state index contributed by atoms with van der Waals surface area (Å²) in [5, 5.41) is 11.5. The number of fused-ring (bicyclic) bond motifs is 1. The number of aromatic nitrogens is 1. The Labute approximate surface area is 230 Å². The van der Waals surface area contributed by atoms with Gasteiger partial charge in [0.15, 0.2) is 4.80 Å². The van der Waals surface area contributed by atoms with E-state index in [1.807, 2.05) is 0 Å². The Hall–Kier alpha value is -4.91. The van der Waals surface area contributed by atoms with E-state index in [1.165, 1.54) is 60.9 Å². The number of allylic oxidation sites excluding steroid dienone is 1. The van der Waals surface area contributed by atoms with Crippen molar-refractivity contribution in [3.8, 4) is 11.5 Å². The second-order valence-electron chi connectivity index (χ2n) is 8.54. The number of nitrogens with zero attached hydrogens (tertiary/aromatic N) is 3. The molecule has 0 saturated heterocycles. The minimum atomic E-state index is -1.04. The van der Waals surface area contributed by atoms with Crippen molar-refractivity contribution in [2.45, 2.75) is 33.7 Å². The first kappa shape index (κ1) is 28.1. The molecule has 2 heterocycles. The lowest BCUT2D eigenvalue weighted by Crippen LogP contribution is -2.40. The number of nitro groups is 1. The maximum absolute atomic E-state index is 13.8. The maximum Gasteiger partial charge on any atom is 0.338 e. The molecule has 13 heteroatoms. The van der Waals surface area contributed by atoms with Crippen molar-refractivity contribution in [2.24, 2.45) is 4.99 Å². The highest BCUT2D eigenvalue weighted by Gasteiger charge is 2.34. The van der Waals surface area contributed by atoms with Crippen LogP contribution >= 0.6 is 11.3 Å². The van der Waals surface area contributed by atoms with Crippen LogP contribution < -0.4 is 24.4 Å². The van der Waals surface area contributed by atoms with Crippen LogP contribution in [0.3, 0.4) is 0 Å². The van der Waals surface area contributed by atoms with Crippen LogP contribution in [0, 0.1) is 10.1 Å². The molecule has 4 rings (SSSR count). The first-order valence-electron chi connectivity index (χ1n) is 11.9. The second-order valence-corrected chi connectivity index (χ2v) is 9.55. The summed E-state index contributed by atoms with van der Waals surface area (Å²) < 4.78 is 17.0. The molecule has 0 spiro atoms. The van der Waals surface area contributed by atoms with Crippen LogP contribution in [0.4, 0.5) is 5.69 Å². The van der Waals surface area contributed by atoms with E-state index in [-0.39, 0.29) is 38.7 Å². The Morgan fingerprint density at radius 2 is 1.85 bits per heavy atom. The number of hydrogen-bond donors (Lipinski definition) is 0. The van der Waals surface area contributed by atoms with Crippen molar-refractivity contribution >= 4 is 41.0 Å². The van der Waals surface area contributed by atoms with Crippen LogP contribution in [0.25, 0.3) is 6.08 Å². The fourth-order valence-corrected chi connectivity index (χ4v) is 5.20. The van der Waals surface area contributed by atoms with Crippen LogP contribution in [0.1, 0.15) is 44.9 Å². The van der Waals surface area contributed by atoms with Gasteiger partial charge in [0.25, 0.3) is 11.2 Å². The van der Waals surface area contributed by atoms with E-state index in [9.17, 15) is 29.3 Å². The summed E-state index contributed by atoms with van der Waals surface area (Å²) in [7, 11) is 0. The molecule has 1 aromatic heterocycles. The molecule has 0 aliphatic carbocycles. The summed E-state index contributed by atoms with van der Waals surface area (Å²) >= 11 is 1.02. The van der Waals surface area contributed by atoms with Crippen molar-refractivity contribution < 1.29 is 33.5 Å². The molecule has 0 bridgehead atoms. The van der Waals surface area contributed by atoms with Gasteiger partial charge in [0.2, 0.25) is 0 Å². The summed E-state index contributed by atoms with van der Waals surface area (Å²) in [6, 6.07) is 8.96. The highest BCUT2D eigenvalue weighted by Crippen LogP contribution is 2.32. The van der Waals surface area contributed by atoms with Gasteiger partial charge in [0, 0.05) is 37.6 Å². The predicted octanol–water partition coefficient (Wildman–Crippen LogP) is 2.56. The van der Waals surface area contributed by atoms with Gasteiger partial charge >= 0.3 is 17.9 Å². The lowest BCUT2D eigenvalue weighted by atomic mass is 9.95. The first-order valence-corrected chi connectivity index (χ1v) is 12.8. The molecule has 0 N–H and O–H groups in total. The molecule has 206 valence electrons. The van der Waals surface area contributed by atoms with E-state index in [1.54, 1.807) is 19.9 Å². The summed E-state index contributed by atoms with van der Waals surface area (Å²) in [6.45, 7) is 5.74. The molecule has 1 aliphatic heterocycles. The Bertz CT molecular complexity index is 1770. The molecule has 12 nitrogen and oxygen atoms in total. The summed E-state index contributed by atoms with van der Waals surface area (Å²) in [4.78, 5) is 65.5. The second kappa shape index (κ2) is 11.5. The third kappa shape index (κ3) is 5.73. The van der Waals surface area contributed by atoms with E-state index in [0.717, 1.165) is 11.3 Å². The number of carbonyl (C=O) groups is 3. The SMILES string of the molecule is CCOC(=O)C1=C(C)N=c2s/c(=C/c3ccc(OC(C)=O)cc3OC(C)=O)c(=O)n2C1c1cccc([N+](=O)[O-])c1. The quantitative estimate of drug-likeness (QED) is 0.182. The van der Waals surface area contributed by atoms with E-state index < -0.39 is 34.4 Å². The molecule has 0 fully saturated rings. The zero-order valence-electron chi connectivity index (χ0n) is 21.8. The molecular formula is C27H23N3O9S. The van der Waals surface area contributed by atoms with Gasteiger partial charge in [-0.15, -0.1) is 0 Å². The summed E-state index contributed by atoms with van der Waals surface area (Å²) in [5.41, 5.74) is 0.292. The molecule has 1 aliphatic rings. The normalized spacial score (nSPS) is 14.7. The number of hydrogen-bond acceptors (Lipinski definition) is 11. The molecule has 1 atom stereocenters. The Morgan fingerprint density at radius 1 is 1.12 bits per heavy atom. The number of thiazole rings is 1. The van der Waals surface area contributed by atoms with Gasteiger partial charge in [-0.2, -0.15) is 0 Å². The van der Waals surface area contributed by atoms with Gasteiger partial charge in [0.1, 0.15) is 11.5 Å². The van der Waals surface area contributed by atoms with Gasteiger partial charge in [-0.25, -0.2) is 9.79 Å². The number of esters is 3. The van der Waals surface area contributed by atoms with E-state index >= 15 is 0 Å². The van der Waals surface area contributed by atoms with Crippen LogP contribution in [-0.4, -0.2) is 34.0 Å². The van der Waals surface area contributed by atoms with Crippen molar-refractivity contribution in [2.75, 3.05) is 6.61 Å². The Morgan fingerprint density at radius 3 is 2.50 bits per heavy atom. The Kier molecular flexibility index (Phi) is 8.05. The summed E-state index contributed by atoms with van der Waals surface area (Å²) in [6.07, 6.45) is 1.48. The topological polar surface area (TPSA) is 156 Å². The molecule has 0 amide bonds. The highest BCUT2D eigenvalue weighted by molar-refractivity contribution is 7.07. The summed E-state index contributed by atoms with van der Waals surface area (Å²) in [5.74, 6) is -1.70. The number of benzene rings is 2. The van der Waals surface area contributed by atoms with Crippen LogP contribution in [0.15, 0.2) is 63.5 Å². The molecule has 0 radical (unpaired) electrons. The zero-order valence-corrected chi connectivity index (χ0v) is 22.6. The maximum atomic E-state index is 13.8. The zero-order chi connectivity index (χ0) is 29.1. The smallest absolute Gasteiger partial charge is 0.338 e. The fraction of sp³-hybridized carbons (Fsp3) is 0.222. The van der Waals surface area contributed by atoms with Crippen LogP contribution in [-0.2, 0) is 19.1 Å². The van der Waals surface area contributed by atoms with Gasteiger partial charge in [-0.1, -0.05) is 23.5 Å². The predicted molar refractivity (Wildman–Crippen MR) is 143 cm³/mol. The van der Waals surface area contributed by atoms with Gasteiger partial charge in [-0.3, -0.25) is 29.1 Å². The number of non-ortho nitro benzene ring substituents is 1. The van der Waals surface area contributed by atoms with E-state index in [4.69, 9.17) is 14.2 Å². The van der Waals surface area contributed by atoms with E-state index in [2.05, 4.69) is 4.99 Å². The van der Waals surface area contributed by atoms with Crippen molar-refractivity contribution in [1.82, 2.24) is 4.57 Å². The molecule has 40 heavy (non-hydrogen) atoms. The largest absolute Gasteiger partial charge is 0.463 e. The van der Waals surface area contributed by atoms with Crippen molar-refractivity contribution in [3.05, 3.63) is 94.7 Å². The molecule has 2 aromatic carbocycles. The minimum absolute atomic E-state index is 0.0516. The van der Waals surface area contributed by atoms with Crippen molar-refractivity contribution in [1.29, 1.82) is 0 Å². The number of carbonyl (C=O) groups excluding carboxylic acids is 3. The number of ether oxygens (including phenoxy) is 3. The lowest BCUT2D eigenvalue weighted by molar-refractivity contribution is -0.384. The van der Waals surface area contributed by atoms with Gasteiger partial charge < -0.3 is 14.2 Å². The third-order valence-electron chi connectivity index (χ3n) is 5.70. The number of nitro benzene ring substituents is 1. The first-order chi connectivity index (χ1) is 19.0. The minimum Gasteiger partial charge on any atom is -0.463 e. The average molecular weight is 566 g/mol. The van der Waals surface area contributed by atoms with Gasteiger partial charge in [0.05, 0.1) is 33.4 Å². The average Bonchev–Trinajstić information content (AvgIpc) is 3.18. The standard InChI is InChI=1S/C27H23N3O9S/c1-5-37-26(34)23-14(2)28-27-29(24(23)18-7-6-8-19(11-18)30(35)36)25(33)22(40-27)12-17-9-10-20(38-15(3)31)13-21(17)39-16(4)32/h6-13,24H,5H2,1-4H3/b22-12+.